The Labute approximate surface area is 154 Å². The van der Waals surface area contributed by atoms with Crippen molar-refractivity contribution in [2.75, 3.05) is 0 Å². The zero-order valence-electron chi connectivity index (χ0n) is 13.8. The number of thiazole rings is 1. The van der Waals surface area contributed by atoms with Gasteiger partial charge in [-0.1, -0.05) is 12.1 Å². The first-order valence-electron chi connectivity index (χ1n) is 8.08. The molecule has 3 aromatic heterocycles. The highest BCUT2D eigenvalue weighted by molar-refractivity contribution is 7.21. The Morgan fingerprint density at radius 1 is 1.12 bits per heavy atom. The summed E-state index contributed by atoms with van der Waals surface area (Å²) in [6, 6.07) is 15.4. The number of carbonyl (C=O) groups excluding carboxylic acids is 1. The summed E-state index contributed by atoms with van der Waals surface area (Å²) >= 11 is 1.59. The van der Waals surface area contributed by atoms with E-state index in [4.69, 9.17) is 4.42 Å². The van der Waals surface area contributed by atoms with Crippen molar-refractivity contribution in [3.8, 4) is 10.8 Å². The molecule has 4 aromatic rings. The number of pyridine rings is 1. The largest absolute Gasteiger partial charge is 0.457 e. The Hall–Kier alpha value is -3.25. The fraction of sp³-hybridized carbons (Fsp3) is 0.0500. The Kier molecular flexibility index (Phi) is 4.57. The highest BCUT2D eigenvalue weighted by atomic mass is 32.1. The van der Waals surface area contributed by atoms with Crippen LogP contribution in [0.2, 0.25) is 0 Å². The molecule has 5 nitrogen and oxygen atoms in total. The average Bonchev–Trinajstić information content (AvgIpc) is 3.32. The number of rotatable bonds is 5. The molecular weight excluding hydrogens is 346 g/mol. The van der Waals surface area contributed by atoms with Crippen LogP contribution in [-0.2, 0) is 11.3 Å². The maximum atomic E-state index is 11.9. The first kappa shape index (κ1) is 16.2. The molecule has 0 atom stereocenters. The maximum absolute atomic E-state index is 11.9. The van der Waals surface area contributed by atoms with Gasteiger partial charge in [-0.05, 0) is 48.0 Å². The smallest absolute Gasteiger partial charge is 0.244 e. The van der Waals surface area contributed by atoms with E-state index in [1.165, 1.54) is 6.08 Å². The van der Waals surface area contributed by atoms with Gasteiger partial charge in [-0.15, -0.1) is 11.3 Å². The molecule has 1 amide bonds. The molecule has 0 radical (unpaired) electrons. The molecule has 6 heteroatoms. The number of hydrogen-bond acceptors (Lipinski definition) is 5. The molecule has 1 aromatic carbocycles. The Morgan fingerprint density at radius 2 is 1.96 bits per heavy atom. The minimum absolute atomic E-state index is 0.181. The summed E-state index contributed by atoms with van der Waals surface area (Å²) in [5.41, 5.74) is 1.88. The van der Waals surface area contributed by atoms with Crippen LogP contribution in [0.5, 0.6) is 0 Å². The molecule has 0 aliphatic carbocycles. The molecule has 0 unspecified atom stereocenters. The molecule has 0 saturated heterocycles. The third kappa shape index (κ3) is 3.70. The van der Waals surface area contributed by atoms with Gasteiger partial charge < -0.3 is 9.73 Å². The topological polar surface area (TPSA) is 68.0 Å². The van der Waals surface area contributed by atoms with Crippen molar-refractivity contribution >= 4 is 33.5 Å². The van der Waals surface area contributed by atoms with E-state index < -0.39 is 0 Å². The summed E-state index contributed by atoms with van der Waals surface area (Å²) < 4.78 is 6.93. The zero-order chi connectivity index (χ0) is 17.8. The number of amides is 1. The van der Waals surface area contributed by atoms with Crippen LogP contribution in [0, 0.1) is 0 Å². The lowest BCUT2D eigenvalue weighted by atomic mass is 10.2. The summed E-state index contributed by atoms with van der Waals surface area (Å²) in [5, 5.41) is 3.64. The second kappa shape index (κ2) is 7.33. The number of nitrogens with zero attached hydrogens (tertiary/aromatic N) is 2. The summed E-state index contributed by atoms with van der Waals surface area (Å²) in [5.74, 6) is 1.22. The minimum Gasteiger partial charge on any atom is -0.457 e. The second-order valence-electron chi connectivity index (χ2n) is 5.58. The normalized spacial score (nSPS) is 11.2. The molecule has 0 aliphatic heterocycles. The van der Waals surface area contributed by atoms with Gasteiger partial charge in [-0.2, -0.15) is 0 Å². The minimum atomic E-state index is -0.181. The maximum Gasteiger partial charge on any atom is 0.244 e. The van der Waals surface area contributed by atoms with Crippen LogP contribution in [-0.4, -0.2) is 15.9 Å². The molecule has 0 bridgehead atoms. The van der Waals surface area contributed by atoms with Crippen LogP contribution in [0.4, 0.5) is 0 Å². The van der Waals surface area contributed by atoms with E-state index in [2.05, 4.69) is 15.3 Å². The second-order valence-corrected chi connectivity index (χ2v) is 6.62. The fourth-order valence-corrected chi connectivity index (χ4v) is 3.37. The molecule has 1 N–H and O–H groups in total. The highest BCUT2D eigenvalue weighted by Gasteiger charge is 2.10. The lowest BCUT2D eigenvalue weighted by molar-refractivity contribution is -0.116. The number of benzene rings is 1. The van der Waals surface area contributed by atoms with Gasteiger partial charge in [0.25, 0.3) is 0 Å². The predicted molar refractivity (Wildman–Crippen MR) is 102 cm³/mol. The van der Waals surface area contributed by atoms with Gasteiger partial charge >= 0.3 is 0 Å². The van der Waals surface area contributed by atoms with Crippen molar-refractivity contribution in [2.24, 2.45) is 0 Å². The van der Waals surface area contributed by atoms with E-state index in [9.17, 15) is 4.79 Å². The average molecular weight is 361 g/mol. The van der Waals surface area contributed by atoms with Crippen LogP contribution < -0.4 is 5.32 Å². The van der Waals surface area contributed by atoms with Crippen molar-refractivity contribution in [3.05, 3.63) is 78.3 Å². The summed E-state index contributed by atoms with van der Waals surface area (Å²) in [6.45, 7) is 0.324. The summed E-state index contributed by atoms with van der Waals surface area (Å²) in [6.07, 6.45) is 6.60. The number of carbonyl (C=O) groups is 1. The Balaban J connectivity index is 1.39. The van der Waals surface area contributed by atoms with Crippen LogP contribution in [0.3, 0.4) is 0 Å². The summed E-state index contributed by atoms with van der Waals surface area (Å²) in [4.78, 5) is 20.4. The van der Waals surface area contributed by atoms with Gasteiger partial charge in [0.05, 0.1) is 16.8 Å². The first-order valence-corrected chi connectivity index (χ1v) is 8.90. The van der Waals surface area contributed by atoms with Crippen LogP contribution in [0.25, 0.3) is 27.1 Å². The van der Waals surface area contributed by atoms with Crippen molar-refractivity contribution in [1.29, 1.82) is 0 Å². The molecular formula is C20H15N3O2S. The highest BCUT2D eigenvalue weighted by Crippen LogP contribution is 2.31. The molecule has 0 spiro atoms. The fourth-order valence-electron chi connectivity index (χ4n) is 2.45. The molecule has 0 fully saturated rings. The first-order chi connectivity index (χ1) is 12.8. The third-order valence-electron chi connectivity index (χ3n) is 3.74. The van der Waals surface area contributed by atoms with Crippen molar-refractivity contribution in [2.45, 2.75) is 6.54 Å². The van der Waals surface area contributed by atoms with Crippen LogP contribution >= 0.6 is 11.3 Å². The number of nitrogens with one attached hydrogen (secondary N) is 1. The number of para-hydroxylation sites is 1. The molecule has 26 heavy (non-hydrogen) atoms. The van der Waals surface area contributed by atoms with E-state index in [1.54, 1.807) is 29.8 Å². The quantitative estimate of drug-likeness (QED) is 0.539. The molecule has 3 heterocycles. The monoisotopic (exact) mass is 361 g/mol. The van der Waals surface area contributed by atoms with Crippen molar-refractivity contribution in [3.63, 3.8) is 0 Å². The van der Waals surface area contributed by atoms with Crippen molar-refractivity contribution in [1.82, 2.24) is 15.3 Å². The number of fused-ring (bicyclic) bond motifs is 1. The van der Waals surface area contributed by atoms with E-state index in [1.807, 2.05) is 48.5 Å². The standard InChI is InChI=1S/C20H15N3O2S/c24-19(8-5-14-9-11-21-12-10-14)22-13-15-6-7-17(25-15)20-23-16-3-1-2-4-18(16)26-20/h1-12H,13H2,(H,22,24)/b8-5+. The number of aromatic nitrogens is 2. The van der Waals surface area contributed by atoms with Gasteiger partial charge in [0.2, 0.25) is 5.91 Å². The van der Waals surface area contributed by atoms with E-state index >= 15 is 0 Å². The SMILES string of the molecule is O=C(/C=C/c1ccncc1)NCc1ccc(-c2nc3ccccc3s2)o1. The summed E-state index contributed by atoms with van der Waals surface area (Å²) in [7, 11) is 0. The lowest BCUT2D eigenvalue weighted by Gasteiger charge is -1.99. The van der Waals surface area contributed by atoms with Gasteiger partial charge in [-0.25, -0.2) is 4.98 Å². The Bertz CT molecular complexity index is 1030. The zero-order valence-corrected chi connectivity index (χ0v) is 14.6. The molecule has 4 rings (SSSR count). The van der Waals surface area contributed by atoms with Crippen LogP contribution in [0.1, 0.15) is 11.3 Å². The van der Waals surface area contributed by atoms with Crippen LogP contribution in [0.15, 0.2) is 71.4 Å². The molecule has 0 saturated carbocycles. The van der Waals surface area contributed by atoms with E-state index in [-0.39, 0.29) is 5.91 Å². The third-order valence-corrected chi connectivity index (χ3v) is 4.79. The lowest BCUT2D eigenvalue weighted by Crippen LogP contribution is -2.19. The van der Waals surface area contributed by atoms with E-state index in [0.29, 0.717) is 18.1 Å². The van der Waals surface area contributed by atoms with Gasteiger partial charge in [0.1, 0.15) is 5.76 Å². The molecule has 128 valence electrons. The van der Waals surface area contributed by atoms with Gasteiger partial charge in [-0.3, -0.25) is 9.78 Å². The van der Waals surface area contributed by atoms with E-state index in [0.717, 1.165) is 20.8 Å². The molecule has 0 aliphatic rings. The number of furan rings is 1. The van der Waals surface area contributed by atoms with Gasteiger partial charge in [0, 0.05) is 18.5 Å². The Morgan fingerprint density at radius 3 is 2.81 bits per heavy atom. The van der Waals surface area contributed by atoms with Gasteiger partial charge in [0.15, 0.2) is 10.8 Å². The van der Waals surface area contributed by atoms with Crippen molar-refractivity contribution < 1.29 is 9.21 Å². The predicted octanol–water partition coefficient (Wildman–Crippen LogP) is 4.28. The number of hydrogen-bond donors (Lipinski definition) is 1.